The van der Waals surface area contributed by atoms with Crippen molar-refractivity contribution in [1.82, 2.24) is 14.3 Å². The van der Waals surface area contributed by atoms with E-state index in [-0.39, 0.29) is 5.82 Å². The Balaban J connectivity index is 1.29. The molecule has 5 rings (SSSR count). The molecule has 4 aromatic rings. The fourth-order valence-corrected chi connectivity index (χ4v) is 4.44. The number of piperazine rings is 1. The molecule has 26 heavy (non-hydrogen) atoms. The fraction of sp³-hybridized carbons (Fsp3) is 0.250. The second kappa shape index (κ2) is 6.37. The highest BCUT2D eigenvalue weighted by atomic mass is 32.1. The summed E-state index contributed by atoms with van der Waals surface area (Å²) in [7, 11) is 0. The molecule has 3 aromatic heterocycles. The lowest BCUT2D eigenvalue weighted by Crippen LogP contribution is -2.45. The van der Waals surface area contributed by atoms with Crippen LogP contribution in [0.2, 0.25) is 0 Å². The number of hydrogen-bond donors (Lipinski definition) is 0. The van der Waals surface area contributed by atoms with Gasteiger partial charge in [0.1, 0.15) is 11.5 Å². The van der Waals surface area contributed by atoms with E-state index in [1.807, 2.05) is 18.3 Å². The number of halogens is 1. The van der Waals surface area contributed by atoms with Crippen molar-refractivity contribution in [3.63, 3.8) is 0 Å². The summed E-state index contributed by atoms with van der Waals surface area (Å²) in [4.78, 5) is 9.36. The Hall–Kier alpha value is -2.44. The summed E-state index contributed by atoms with van der Waals surface area (Å²) in [5.41, 5.74) is 4.64. The minimum absolute atomic E-state index is 0.179. The number of benzene rings is 1. The Labute approximate surface area is 155 Å². The lowest BCUT2D eigenvalue weighted by atomic mass is 10.2. The lowest BCUT2D eigenvalue weighted by Gasteiger charge is -2.36. The number of anilines is 1. The Kier molecular flexibility index (Phi) is 3.87. The number of nitrogens with zero attached hydrogens (tertiary/aromatic N) is 4. The topological polar surface area (TPSA) is 23.8 Å². The third-order valence-corrected chi connectivity index (χ3v) is 5.91. The fourth-order valence-electron chi connectivity index (χ4n) is 3.69. The first-order chi connectivity index (χ1) is 12.8. The molecule has 4 nitrogen and oxygen atoms in total. The molecule has 4 heterocycles. The maximum Gasteiger partial charge on any atom is 0.137 e. The second-order valence-corrected chi connectivity index (χ2v) is 7.69. The summed E-state index contributed by atoms with van der Waals surface area (Å²) in [6, 6.07) is 11.1. The van der Waals surface area contributed by atoms with Gasteiger partial charge in [-0.15, -0.1) is 11.3 Å². The molecule has 0 radical (unpaired) electrons. The van der Waals surface area contributed by atoms with Gasteiger partial charge in [0.25, 0.3) is 0 Å². The average molecular weight is 366 g/mol. The third-order valence-electron chi connectivity index (χ3n) is 5.07. The van der Waals surface area contributed by atoms with E-state index in [4.69, 9.17) is 0 Å². The maximum atomic E-state index is 13.1. The molecule has 0 aliphatic carbocycles. The van der Waals surface area contributed by atoms with E-state index in [0.29, 0.717) is 0 Å². The normalized spacial score (nSPS) is 16.0. The zero-order chi connectivity index (χ0) is 17.5. The van der Waals surface area contributed by atoms with Gasteiger partial charge in [-0.3, -0.25) is 4.90 Å². The van der Waals surface area contributed by atoms with Crippen LogP contribution >= 0.6 is 11.3 Å². The molecule has 0 saturated carbocycles. The average Bonchev–Trinajstić information content (AvgIpc) is 3.29. The van der Waals surface area contributed by atoms with Crippen LogP contribution in [0.15, 0.2) is 54.2 Å². The lowest BCUT2D eigenvalue weighted by molar-refractivity contribution is 0.250. The van der Waals surface area contributed by atoms with Crippen molar-refractivity contribution in [2.75, 3.05) is 31.1 Å². The van der Waals surface area contributed by atoms with Crippen LogP contribution in [-0.4, -0.2) is 40.5 Å². The van der Waals surface area contributed by atoms with Crippen LogP contribution in [0, 0.1) is 5.82 Å². The van der Waals surface area contributed by atoms with E-state index < -0.39 is 0 Å². The van der Waals surface area contributed by atoms with Crippen molar-refractivity contribution in [3.8, 4) is 0 Å². The molecule has 6 heteroatoms. The van der Waals surface area contributed by atoms with Crippen LogP contribution in [0.5, 0.6) is 0 Å². The molecule has 0 atom stereocenters. The van der Waals surface area contributed by atoms with Gasteiger partial charge in [-0.2, -0.15) is 0 Å². The van der Waals surface area contributed by atoms with Gasteiger partial charge in [0.15, 0.2) is 0 Å². The Morgan fingerprint density at radius 1 is 1.04 bits per heavy atom. The minimum atomic E-state index is -0.179. The van der Waals surface area contributed by atoms with Crippen molar-refractivity contribution in [2.45, 2.75) is 6.54 Å². The standard InChI is InChI=1S/C20H19FN4S/c21-16-1-3-17(4-2-16)24-8-6-23(7-9-24)13-15-11-20-22-12-19-18(5-10-26-19)25(20)14-15/h1-5,10-12,14H,6-9,13H2. The molecule has 0 unspecified atom stereocenters. The molecule has 0 bridgehead atoms. The van der Waals surface area contributed by atoms with E-state index in [0.717, 1.165) is 44.1 Å². The summed E-state index contributed by atoms with van der Waals surface area (Å²) in [6.07, 6.45) is 4.17. The predicted molar refractivity (Wildman–Crippen MR) is 104 cm³/mol. The Morgan fingerprint density at radius 3 is 2.65 bits per heavy atom. The smallest absolute Gasteiger partial charge is 0.137 e. The highest BCUT2D eigenvalue weighted by Gasteiger charge is 2.18. The van der Waals surface area contributed by atoms with Crippen molar-refractivity contribution in [1.29, 1.82) is 0 Å². The van der Waals surface area contributed by atoms with Gasteiger partial charge in [0, 0.05) is 50.8 Å². The van der Waals surface area contributed by atoms with Crippen LogP contribution < -0.4 is 4.90 Å². The largest absolute Gasteiger partial charge is 0.369 e. The van der Waals surface area contributed by atoms with E-state index in [1.165, 1.54) is 27.9 Å². The van der Waals surface area contributed by atoms with E-state index in [2.05, 4.69) is 42.9 Å². The van der Waals surface area contributed by atoms with Crippen molar-refractivity contribution in [3.05, 3.63) is 65.6 Å². The van der Waals surface area contributed by atoms with Gasteiger partial charge in [0.05, 0.1) is 10.2 Å². The summed E-state index contributed by atoms with van der Waals surface area (Å²) in [5.74, 6) is -0.179. The number of rotatable bonds is 3. The Morgan fingerprint density at radius 2 is 1.85 bits per heavy atom. The number of aromatic nitrogens is 2. The number of hydrogen-bond acceptors (Lipinski definition) is 4. The molecule has 1 aliphatic heterocycles. The quantitative estimate of drug-likeness (QED) is 0.547. The zero-order valence-corrected chi connectivity index (χ0v) is 15.1. The minimum Gasteiger partial charge on any atom is -0.369 e. The van der Waals surface area contributed by atoms with Crippen molar-refractivity contribution >= 4 is 32.9 Å². The van der Waals surface area contributed by atoms with Crippen LogP contribution in [0.25, 0.3) is 15.9 Å². The highest BCUT2D eigenvalue weighted by Crippen LogP contribution is 2.23. The molecule has 1 aromatic carbocycles. The second-order valence-electron chi connectivity index (χ2n) is 6.74. The summed E-state index contributed by atoms with van der Waals surface area (Å²) in [5, 5.41) is 2.11. The van der Waals surface area contributed by atoms with Crippen LogP contribution in [0.4, 0.5) is 10.1 Å². The van der Waals surface area contributed by atoms with Crippen LogP contribution in [0.1, 0.15) is 5.56 Å². The van der Waals surface area contributed by atoms with Crippen molar-refractivity contribution in [2.24, 2.45) is 0 Å². The van der Waals surface area contributed by atoms with Gasteiger partial charge < -0.3 is 9.30 Å². The monoisotopic (exact) mass is 366 g/mol. The first-order valence-corrected chi connectivity index (χ1v) is 9.70. The molecular formula is C20H19FN4S. The number of thiophene rings is 1. The van der Waals surface area contributed by atoms with Gasteiger partial charge in [-0.1, -0.05) is 0 Å². The van der Waals surface area contributed by atoms with E-state index in [9.17, 15) is 4.39 Å². The summed E-state index contributed by atoms with van der Waals surface area (Å²) in [6.45, 7) is 4.88. The third kappa shape index (κ3) is 2.85. The molecular weight excluding hydrogens is 347 g/mol. The number of fused-ring (bicyclic) bond motifs is 3. The highest BCUT2D eigenvalue weighted by molar-refractivity contribution is 7.17. The summed E-state index contributed by atoms with van der Waals surface area (Å²) >= 11 is 1.72. The predicted octanol–water partition coefficient (Wildman–Crippen LogP) is 4.01. The van der Waals surface area contributed by atoms with Crippen LogP contribution in [-0.2, 0) is 6.54 Å². The van der Waals surface area contributed by atoms with Crippen molar-refractivity contribution < 1.29 is 4.39 Å². The molecule has 1 saturated heterocycles. The SMILES string of the molecule is Fc1ccc(N2CCN(Cc3cc4ncc5sccc5n4c3)CC2)cc1. The molecule has 1 fully saturated rings. The molecule has 0 spiro atoms. The molecule has 0 N–H and O–H groups in total. The van der Waals surface area contributed by atoms with E-state index in [1.54, 1.807) is 11.3 Å². The molecule has 1 aliphatic rings. The van der Waals surface area contributed by atoms with E-state index >= 15 is 0 Å². The van der Waals surface area contributed by atoms with Gasteiger partial charge in [-0.05, 0) is 47.3 Å². The van der Waals surface area contributed by atoms with Crippen LogP contribution in [0.3, 0.4) is 0 Å². The van der Waals surface area contributed by atoms with Gasteiger partial charge in [-0.25, -0.2) is 9.37 Å². The molecule has 0 amide bonds. The maximum absolute atomic E-state index is 13.1. The van der Waals surface area contributed by atoms with Gasteiger partial charge in [0.2, 0.25) is 0 Å². The zero-order valence-electron chi connectivity index (χ0n) is 14.3. The van der Waals surface area contributed by atoms with Gasteiger partial charge >= 0.3 is 0 Å². The Bertz CT molecular complexity index is 1040. The first-order valence-electron chi connectivity index (χ1n) is 8.82. The first kappa shape index (κ1) is 15.8. The molecule has 132 valence electrons. The summed E-state index contributed by atoms with van der Waals surface area (Å²) < 4.78 is 16.5.